The van der Waals surface area contributed by atoms with E-state index in [0.717, 1.165) is 25.5 Å². The van der Waals surface area contributed by atoms with Gasteiger partial charge < -0.3 is 10.2 Å². The first-order valence-electron chi connectivity index (χ1n) is 8.34. The summed E-state index contributed by atoms with van der Waals surface area (Å²) in [5.74, 6) is 0.159. The molecule has 7 heteroatoms. The number of carbonyl (C=O) groups excluding carboxylic acids is 1. The number of alkyl halides is 3. The molecule has 2 aliphatic rings. The Kier molecular flexibility index (Phi) is 5.10. The number of hydrogen-bond donors (Lipinski definition) is 1. The Morgan fingerprint density at radius 3 is 2.58 bits per heavy atom. The van der Waals surface area contributed by atoms with Crippen LogP contribution in [0.5, 0.6) is 0 Å². The molecule has 1 amide bonds. The summed E-state index contributed by atoms with van der Waals surface area (Å²) < 4.78 is 38.3. The van der Waals surface area contributed by atoms with Crippen molar-refractivity contribution >= 4 is 5.91 Å². The maximum absolute atomic E-state index is 12.8. The molecule has 0 spiro atoms. The monoisotopic (exact) mass is 341 g/mol. The van der Waals surface area contributed by atoms with E-state index in [0.29, 0.717) is 38.3 Å². The summed E-state index contributed by atoms with van der Waals surface area (Å²) in [4.78, 5) is 16.3. The van der Waals surface area contributed by atoms with Gasteiger partial charge in [-0.05, 0) is 31.0 Å². The van der Waals surface area contributed by atoms with Gasteiger partial charge in [0.15, 0.2) is 0 Å². The molecule has 1 atom stereocenters. The molecule has 0 radical (unpaired) electrons. The number of rotatable bonds is 3. The fourth-order valence-electron chi connectivity index (χ4n) is 3.35. The standard InChI is InChI=1S/C17H22F3N3O/c18-17(19,20)14-4-1-3-13(11-14)12-22-7-9-23(10-8-22)16(24)15-5-2-6-21-15/h1,3-4,11,15,21H,2,5-10,12H2. The van der Waals surface area contributed by atoms with Gasteiger partial charge in [0.2, 0.25) is 5.91 Å². The zero-order chi connectivity index (χ0) is 17.2. The van der Waals surface area contributed by atoms with Gasteiger partial charge in [0, 0.05) is 32.7 Å². The van der Waals surface area contributed by atoms with Crippen LogP contribution in [-0.2, 0) is 17.5 Å². The molecule has 132 valence electrons. The fourth-order valence-corrected chi connectivity index (χ4v) is 3.35. The van der Waals surface area contributed by atoms with E-state index in [1.54, 1.807) is 6.07 Å². The summed E-state index contributed by atoms with van der Waals surface area (Å²) in [6, 6.07) is 5.41. The summed E-state index contributed by atoms with van der Waals surface area (Å²) in [5, 5.41) is 3.21. The van der Waals surface area contributed by atoms with Crippen molar-refractivity contribution in [1.29, 1.82) is 0 Å². The maximum atomic E-state index is 12.8. The van der Waals surface area contributed by atoms with Gasteiger partial charge in [-0.25, -0.2) is 0 Å². The predicted molar refractivity (Wildman–Crippen MR) is 84.3 cm³/mol. The largest absolute Gasteiger partial charge is 0.416 e. The Hall–Kier alpha value is -1.60. The minimum absolute atomic E-state index is 0.0555. The van der Waals surface area contributed by atoms with Crippen molar-refractivity contribution in [3.8, 4) is 0 Å². The predicted octanol–water partition coefficient (Wildman–Crippen LogP) is 2.10. The van der Waals surface area contributed by atoms with Crippen molar-refractivity contribution in [2.24, 2.45) is 0 Å². The summed E-state index contributed by atoms with van der Waals surface area (Å²) in [7, 11) is 0. The third kappa shape index (κ3) is 4.08. The highest BCUT2D eigenvalue weighted by Crippen LogP contribution is 2.29. The zero-order valence-electron chi connectivity index (χ0n) is 13.5. The molecule has 2 saturated heterocycles. The highest BCUT2D eigenvalue weighted by atomic mass is 19.4. The Balaban J connectivity index is 1.53. The Morgan fingerprint density at radius 2 is 1.96 bits per heavy atom. The highest BCUT2D eigenvalue weighted by molar-refractivity contribution is 5.82. The minimum Gasteiger partial charge on any atom is -0.339 e. The molecule has 2 heterocycles. The number of piperazine rings is 1. The number of nitrogens with zero attached hydrogens (tertiary/aromatic N) is 2. The average Bonchev–Trinajstić information content (AvgIpc) is 3.09. The molecule has 0 bridgehead atoms. The number of nitrogens with one attached hydrogen (secondary N) is 1. The lowest BCUT2D eigenvalue weighted by Crippen LogP contribution is -2.52. The molecule has 2 fully saturated rings. The van der Waals surface area contributed by atoms with Crippen LogP contribution >= 0.6 is 0 Å². The molecule has 0 aliphatic carbocycles. The van der Waals surface area contributed by atoms with E-state index < -0.39 is 11.7 Å². The lowest BCUT2D eigenvalue weighted by molar-refractivity contribution is -0.138. The van der Waals surface area contributed by atoms with Crippen LogP contribution in [0.15, 0.2) is 24.3 Å². The van der Waals surface area contributed by atoms with E-state index in [2.05, 4.69) is 10.2 Å². The van der Waals surface area contributed by atoms with Gasteiger partial charge in [0.1, 0.15) is 0 Å². The highest BCUT2D eigenvalue weighted by Gasteiger charge is 2.31. The van der Waals surface area contributed by atoms with Gasteiger partial charge in [0.25, 0.3) is 0 Å². The van der Waals surface area contributed by atoms with Crippen LogP contribution in [0.2, 0.25) is 0 Å². The molecule has 1 N–H and O–H groups in total. The van der Waals surface area contributed by atoms with Crippen LogP contribution < -0.4 is 5.32 Å². The molecule has 0 aromatic heterocycles. The van der Waals surface area contributed by atoms with Gasteiger partial charge >= 0.3 is 6.18 Å². The number of benzene rings is 1. The third-order valence-electron chi connectivity index (χ3n) is 4.70. The zero-order valence-corrected chi connectivity index (χ0v) is 13.5. The summed E-state index contributed by atoms with van der Waals surface area (Å²) >= 11 is 0. The Labute approximate surface area is 139 Å². The van der Waals surface area contributed by atoms with Crippen LogP contribution in [0, 0.1) is 0 Å². The Bertz CT molecular complexity index is 577. The molecule has 1 aromatic rings. The minimum atomic E-state index is -4.31. The number of carbonyl (C=O) groups is 1. The van der Waals surface area contributed by atoms with Crippen LogP contribution in [-0.4, -0.2) is 54.5 Å². The molecule has 4 nitrogen and oxygen atoms in total. The summed E-state index contributed by atoms with van der Waals surface area (Å²) in [6.07, 6.45) is -2.38. The van der Waals surface area contributed by atoms with Gasteiger partial charge in [0.05, 0.1) is 11.6 Å². The number of halogens is 3. The van der Waals surface area contributed by atoms with E-state index in [1.165, 1.54) is 12.1 Å². The van der Waals surface area contributed by atoms with Crippen LogP contribution in [0.3, 0.4) is 0 Å². The molecule has 3 rings (SSSR count). The van der Waals surface area contributed by atoms with E-state index in [4.69, 9.17) is 0 Å². The maximum Gasteiger partial charge on any atom is 0.416 e. The van der Waals surface area contributed by atoms with E-state index >= 15 is 0 Å². The molecule has 1 unspecified atom stereocenters. The second kappa shape index (κ2) is 7.11. The van der Waals surface area contributed by atoms with Crippen LogP contribution in [0.1, 0.15) is 24.0 Å². The van der Waals surface area contributed by atoms with Crippen molar-refractivity contribution < 1.29 is 18.0 Å². The first-order chi connectivity index (χ1) is 11.4. The number of hydrogen-bond acceptors (Lipinski definition) is 3. The van der Waals surface area contributed by atoms with Crippen LogP contribution in [0.25, 0.3) is 0 Å². The second-order valence-electron chi connectivity index (χ2n) is 6.45. The van der Waals surface area contributed by atoms with Crippen molar-refractivity contribution in [3.63, 3.8) is 0 Å². The SMILES string of the molecule is O=C(C1CCCN1)N1CCN(Cc2cccc(C(F)(F)F)c2)CC1. The first kappa shape index (κ1) is 17.2. The molecule has 2 aliphatic heterocycles. The molecular weight excluding hydrogens is 319 g/mol. The van der Waals surface area contributed by atoms with E-state index in [1.807, 2.05) is 4.90 Å². The number of amides is 1. The summed E-state index contributed by atoms with van der Waals surface area (Å²) in [5.41, 5.74) is 0.0446. The van der Waals surface area contributed by atoms with E-state index in [9.17, 15) is 18.0 Å². The molecule has 1 aromatic carbocycles. The fraction of sp³-hybridized carbons (Fsp3) is 0.588. The molecule has 0 saturated carbocycles. The van der Waals surface area contributed by atoms with Crippen LogP contribution in [0.4, 0.5) is 13.2 Å². The van der Waals surface area contributed by atoms with Crippen molar-refractivity contribution in [2.45, 2.75) is 31.6 Å². The van der Waals surface area contributed by atoms with E-state index in [-0.39, 0.29) is 11.9 Å². The first-order valence-corrected chi connectivity index (χ1v) is 8.34. The van der Waals surface area contributed by atoms with Gasteiger partial charge in [-0.15, -0.1) is 0 Å². The lowest BCUT2D eigenvalue weighted by Gasteiger charge is -2.36. The average molecular weight is 341 g/mol. The normalized spacial score (nSPS) is 22.8. The lowest BCUT2D eigenvalue weighted by atomic mass is 10.1. The van der Waals surface area contributed by atoms with Gasteiger partial charge in [-0.2, -0.15) is 13.2 Å². The smallest absolute Gasteiger partial charge is 0.339 e. The van der Waals surface area contributed by atoms with Gasteiger partial charge in [-0.1, -0.05) is 18.2 Å². The summed E-state index contributed by atoms with van der Waals surface area (Å²) in [6.45, 7) is 4.02. The third-order valence-corrected chi connectivity index (χ3v) is 4.70. The van der Waals surface area contributed by atoms with Gasteiger partial charge in [-0.3, -0.25) is 9.69 Å². The van der Waals surface area contributed by atoms with Crippen molar-refractivity contribution in [1.82, 2.24) is 15.1 Å². The second-order valence-corrected chi connectivity index (χ2v) is 6.45. The van der Waals surface area contributed by atoms with Crippen molar-refractivity contribution in [3.05, 3.63) is 35.4 Å². The molecule has 24 heavy (non-hydrogen) atoms. The quantitative estimate of drug-likeness (QED) is 0.915. The molecular formula is C17H22F3N3O. The topological polar surface area (TPSA) is 35.6 Å². The van der Waals surface area contributed by atoms with Crippen molar-refractivity contribution in [2.75, 3.05) is 32.7 Å². The Morgan fingerprint density at radius 1 is 1.21 bits per heavy atom.